The van der Waals surface area contributed by atoms with Gasteiger partial charge >= 0.3 is 5.97 Å². The van der Waals surface area contributed by atoms with Gasteiger partial charge in [-0.15, -0.1) is 0 Å². The number of halogens is 2. The number of nitrogens with zero attached hydrogens (tertiary/aromatic N) is 2. The van der Waals surface area contributed by atoms with Crippen LogP contribution < -0.4 is 0 Å². The number of aromatic nitrogens is 1. The van der Waals surface area contributed by atoms with Crippen molar-refractivity contribution in [2.75, 3.05) is 0 Å². The maximum absolute atomic E-state index is 12.8. The van der Waals surface area contributed by atoms with Gasteiger partial charge in [-0.05, 0) is 81.5 Å². The maximum Gasteiger partial charge on any atom is 0.371 e. The van der Waals surface area contributed by atoms with Crippen LogP contribution in [0.2, 0.25) is 10.0 Å². The summed E-state index contributed by atoms with van der Waals surface area (Å²) in [5.74, 6) is -0.414. The fraction of sp³-hybridized carbons (Fsp3) is 0.261. The summed E-state index contributed by atoms with van der Waals surface area (Å²) in [6.07, 6.45) is 1.56. The third-order valence-corrected chi connectivity index (χ3v) is 6.27. The van der Waals surface area contributed by atoms with Crippen LogP contribution in [0.3, 0.4) is 0 Å². The highest BCUT2D eigenvalue weighted by Crippen LogP contribution is 2.37. The molecule has 0 amide bonds. The van der Waals surface area contributed by atoms with Crippen molar-refractivity contribution in [1.29, 1.82) is 0 Å². The molecule has 156 valence electrons. The molecule has 0 aliphatic rings. The average Bonchev–Trinajstić information content (AvgIpc) is 3.08. The van der Waals surface area contributed by atoms with Gasteiger partial charge in [0.25, 0.3) is 0 Å². The quantitative estimate of drug-likeness (QED) is 0.255. The smallest absolute Gasteiger partial charge is 0.360 e. The third kappa shape index (κ3) is 3.87. The molecule has 0 N–H and O–H groups in total. The molecule has 0 atom stereocenters. The van der Waals surface area contributed by atoms with Crippen molar-refractivity contribution in [2.24, 2.45) is 5.16 Å². The minimum atomic E-state index is -0.702. The second-order valence-corrected chi connectivity index (χ2v) is 8.03. The van der Waals surface area contributed by atoms with E-state index in [0.29, 0.717) is 15.6 Å². The zero-order valence-electron chi connectivity index (χ0n) is 17.7. The lowest BCUT2D eigenvalue weighted by Crippen LogP contribution is -2.06. The average molecular weight is 445 g/mol. The summed E-state index contributed by atoms with van der Waals surface area (Å²) in [6.45, 7) is 11.9. The number of aryl methyl sites for hydroxylation is 1. The molecular formula is C23H22Cl2N2O3. The normalized spacial score (nSPS) is 11.3. The van der Waals surface area contributed by atoms with Crippen LogP contribution in [0.25, 0.3) is 11.3 Å². The van der Waals surface area contributed by atoms with Crippen molar-refractivity contribution >= 4 is 35.4 Å². The van der Waals surface area contributed by atoms with Crippen LogP contribution in [-0.2, 0) is 4.84 Å². The summed E-state index contributed by atoms with van der Waals surface area (Å²) >= 11 is 12.5. The highest BCUT2D eigenvalue weighted by atomic mass is 35.5. The number of rotatable bonds is 4. The molecule has 0 spiro atoms. The standard InChI is InChI=1S/C23H22Cl2N2O3/c1-11-12(2)14(4)17(15(5)13(11)3)10-26-30-23(28)20-16(6)29-27-22(20)21-18(24)8-7-9-19(21)25/h7-10H,1-6H3/b26-10+. The first-order valence-electron chi connectivity index (χ1n) is 9.37. The number of carbonyl (C=O) groups is 1. The second kappa shape index (κ2) is 8.62. The Balaban J connectivity index is 1.94. The lowest BCUT2D eigenvalue weighted by Gasteiger charge is -2.15. The van der Waals surface area contributed by atoms with E-state index in [4.69, 9.17) is 32.6 Å². The molecule has 0 saturated heterocycles. The van der Waals surface area contributed by atoms with Crippen molar-refractivity contribution in [3.05, 3.63) is 72.9 Å². The molecule has 3 aromatic rings. The van der Waals surface area contributed by atoms with Crippen molar-refractivity contribution in [3.8, 4) is 11.3 Å². The summed E-state index contributed by atoms with van der Waals surface area (Å²) < 4.78 is 5.21. The van der Waals surface area contributed by atoms with Crippen LogP contribution in [0.4, 0.5) is 0 Å². The molecule has 0 saturated carbocycles. The number of benzene rings is 2. The molecule has 30 heavy (non-hydrogen) atoms. The van der Waals surface area contributed by atoms with Crippen molar-refractivity contribution in [1.82, 2.24) is 5.16 Å². The van der Waals surface area contributed by atoms with Gasteiger partial charge in [-0.3, -0.25) is 0 Å². The van der Waals surface area contributed by atoms with Crippen LogP contribution in [0.5, 0.6) is 0 Å². The second-order valence-electron chi connectivity index (χ2n) is 7.21. The van der Waals surface area contributed by atoms with Crippen molar-refractivity contribution in [2.45, 2.75) is 41.5 Å². The van der Waals surface area contributed by atoms with Gasteiger partial charge in [-0.25, -0.2) is 4.79 Å². The van der Waals surface area contributed by atoms with Crippen LogP contribution >= 0.6 is 23.2 Å². The van der Waals surface area contributed by atoms with E-state index in [1.165, 1.54) is 16.7 Å². The van der Waals surface area contributed by atoms with Crippen LogP contribution in [-0.4, -0.2) is 17.3 Å². The molecule has 0 unspecified atom stereocenters. The van der Waals surface area contributed by atoms with Gasteiger partial charge in [0.2, 0.25) is 0 Å². The Morgan fingerprint density at radius 1 is 0.967 bits per heavy atom. The molecule has 1 aromatic heterocycles. The lowest BCUT2D eigenvalue weighted by atomic mass is 9.90. The third-order valence-electron chi connectivity index (χ3n) is 5.64. The Bertz CT molecular complexity index is 1130. The van der Waals surface area contributed by atoms with Crippen molar-refractivity contribution < 1.29 is 14.2 Å². The monoisotopic (exact) mass is 444 g/mol. The zero-order valence-corrected chi connectivity index (χ0v) is 19.2. The highest BCUT2D eigenvalue weighted by molar-refractivity contribution is 6.39. The summed E-state index contributed by atoms with van der Waals surface area (Å²) in [5.41, 5.74) is 7.52. The Morgan fingerprint density at radius 3 is 2.07 bits per heavy atom. The number of carbonyl (C=O) groups excluding carboxylic acids is 1. The zero-order chi connectivity index (χ0) is 22.2. The molecule has 0 aliphatic carbocycles. The van der Waals surface area contributed by atoms with E-state index in [-0.39, 0.29) is 17.0 Å². The molecule has 0 radical (unpaired) electrons. The largest absolute Gasteiger partial charge is 0.371 e. The van der Waals surface area contributed by atoms with E-state index in [1.54, 1.807) is 31.3 Å². The Morgan fingerprint density at radius 2 is 1.50 bits per heavy atom. The minimum Gasteiger partial charge on any atom is -0.360 e. The van der Waals surface area contributed by atoms with E-state index in [9.17, 15) is 4.79 Å². The SMILES string of the molecule is Cc1onc(-c2c(Cl)cccc2Cl)c1C(=O)O/N=C/c1c(C)c(C)c(C)c(C)c1C. The molecule has 0 bridgehead atoms. The minimum absolute atomic E-state index is 0.131. The topological polar surface area (TPSA) is 64.7 Å². The lowest BCUT2D eigenvalue weighted by molar-refractivity contribution is 0.0518. The van der Waals surface area contributed by atoms with Gasteiger partial charge in [0, 0.05) is 11.1 Å². The fourth-order valence-corrected chi connectivity index (χ4v) is 3.98. The molecule has 7 heteroatoms. The molecule has 3 rings (SSSR count). The van der Waals surface area contributed by atoms with Gasteiger partial charge in [0.15, 0.2) is 0 Å². The molecule has 5 nitrogen and oxygen atoms in total. The first-order chi connectivity index (χ1) is 14.1. The maximum atomic E-state index is 12.8. The first-order valence-corrected chi connectivity index (χ1v) is 10.1. The van der Waals surface area contributed by atoms with Gasteiger partial charge in [-0.1, -0.05) is 39.6 Å². The highest BCUT2D eigenvalue weighted by Gasteiger charge is 2.26. The van der Waals surface area contributed by atoms with Gasteiger partial charge < -0.3 is 9.36 Å². The van der Waals surface area contributed by atoms with E-state index in [1.807, 2.05) is 13.8 Å². The van der Waals surface area contributed by atoms with Gasteiger partial charge in [0.05, 0.1) is 16.3 Å². The number of hydrogen-bond donors (Lipinski definition) is 0. The van der Waals surface area contributed by atoms with Crippen LogP contribution in [0.1, 0.15) is 49.5 Å². The van der Waals surface area contributed by atoms with E-state index < -0.39 is 5.97 Å². The van der Waals surface area contributed by atoms with E-state index in [0.717, 1.165) is 16.7 Å². The fourth-order valence-electron chi connectivity index (χ4n) is 3.40. The van der Waals surface area contributed by atoms with E-state index in [2.05, 4.69) is 31.1 Å². The Kier molecular flexibility index (Phi) is 6.34. The summed E-state index contributed by atoms with van der Waals surface area (Å²) in [5, 5.41) is 8.61. The van der Waals surface area contributed by atoms with Crippen molar-refractivity contribution in [3.63, 3.8) is 0 Å². The van der Waals surface area contributed by atoms with Gasteiger partial charge in [0.1, 0.15) is 17.0 Å². The van der Waals surface area contributed by atoms with Gasteiger partial charge in [-0.2, -0.15) is 0 Å². The molecular weight excluding hydrogens is 423 g/mol. The molecule has 0 aliphatic heterocycles. The van der Waals surface area contributed by atoms with E-state index >= 15 is 0 Å². The molecule has 1 heterocycles. The predicted molar refractivity (Wildman–Crippen MR) is 120 cm³/mol. The molecule has 2 aromatic carbocycles. The summed E-state index contributed by atoms with van der Waals surface area (Å²) in [7, 11) is 0. The summed E-state index contributed by atoms with van der Waals surface area (Å²) in [6, 6.07) is 5.03. The number of oxime groups is 1. The Labute approximate surface area is 185 Å². The predicted octanol–water partition coefficient (Wildman–Crippen LogP) is 6.69. The Hall–Kier alpha value is -2.63. The van der Waals surface area contributed by atoms with Crippen LogP contribution in [0.15, 0.2) is 27.9 Å². The molecule has 0 fully saturated rings. The van der Waals surface area contributed by atoms with Crippen LogP contribution in [0, 0.1) is 41.5 Å². The number of hydrogen-bond acceptors (Lipinski definition) is 5. The first kappa shape index (κ1) is 22.1. The summed E-state index contributed by atoms with van der Waals surface area (Å²) in [4.78, 5) is 17.9.